The van der Waals surface area contributed by atoms with Gasteiger partial charge in [-0.3, -0.25) is 4.79 Å². The molecule has 0 aliphatic heterocycles. The van der Waals surface area contributed by atoms with E-state index >= 15 is 0 Å². The van der Waals surface area contributed by atoms with E-state index in [2.05, 4.69) is 4.98 Å². The van der Waals surface area contributed by atoms with Gasteiger partial charge in [0.05, 0.1) is 5.56 Å². The van der Waals surface area contributed by atoms with Gasteiger partial charge in [-0.25, -0.2) is 9.37 Å². The van der Waals surface area contributed by atoms with E-state index in [1.54, 1.807) is 19.2 Å². The summed E-state index contributed by atoms with van der Waals surface area (Å²) in [5.41, 5.74) is 6.55. The lowest BCUT2D eigenvalue weighted by Crippen LogP contribution is -2.27. The van der Waals surface area contributed by atoms with E-state index in [1.165, 1.54) is 35.4 Å². The number of benzene rings is 1. The van der Waals surface area contributed by atoms with E-state index < -0.39 is 0 Å². The number of nitrogen functional groups attached to an aromatic ring is 1. The van der Waals surface area contributed by atoms with Crippen LogP contribution in [-0.4, -0.2) is 17.9 Å². The average Bonchev–Trinajstić information content (AvgIpc) is 2.38. The molecule has 0 spiro atoms. The molecule has 1 heterocycles. The van der Waals surface area contributed by atoms with Gasteiger partial charge < -0.3 is 10.6 Å². The van der Waals surface area contributed by atoms with E-state index in [-0.39, 0.29) is 17.5 Å². The van der Waals surface area contributed by atoms with Crippen molar-refractivity contribution < 1.29 is 9.18 Å². The van der Waals surface area contributed by atoms with Crippen LogP contribution in [0.1, 0.15) is 10.4 Å². The summed E-state index contributed by atoms with van der Waals surface area (Å²) in [6, 6.07) is 8.89. The number of nitrogens with two attached hydrogens (primary N) is 1. The Morgan fingerprint density at radius 2 is 1.94 bits per heavy atom. The molecule has 92 valence electrons. The average molecular weight is 245 g/mol. The van der Waals surface area contributed by atoms with Gasteiger partial charge in [0, 0.05) is 18.9 Å². The van der Waals surface area contributed by atoms with E-state index in [9.17, 15) is 9.18 Å². The highest BCUT2D eigenvalue weighted by atomic mass is 19.1. The fraction of sp³-hybridized carbons (Fsp3) is 0.0769. The largest absolute Gasteiger partial charge is 0.383 e. The smallest absolute Gasteiger partial charge is 0.261 e. The standard InChI is InChI=1S/C13H12FN3O/c1-17(10-6-4-9(14)5-7-10)13(18)11-3-2-8-16-12(11)15/h2-8H,1H3,(H2,15,16). The van der Waals surface area contributed by atoms with E-state index in [4.69, 9.17) is 5.73 Å². The van der Waals surface area contributed by atoms with Gasteiger partial charge in [0.1, 0.15) is 11.6 Å². The van der Waals surface area contributed by atoms with Gasteiger partial charge in [-0.2, -0.15) is 0 Å². The highest BCUT2D eigenvalue weighted by Gasteiger charge is 2.16. The number of carbonyl (C=O) groups is 1. The van der Waals surface area contributed by atoms with Crippen molar-refractivity contribution in [2.75, 3.05) is 17.7 Å². The molecule has 0 bridgehead atoms. The van der Waals surface area contributed by atoms with Crippen molar-refractivity contribution in [2.24, 2.45) is 0 Å². The summed E-state index contributed by atoms with van der Waals surface area (Å²) in [6.07, 6.45) is 1.52. The molecule has 1 aromatic carbocycles. The summed E-state index contributed by atoms with van der Waals surface area (Å²) in [4.78, 5) is 17.4. The molecule has 2 rings (SSSR count). The molecule has 0 fully saturated rings. The van der Waals surface area contributed by atoms with Gasteiger partial charge in [-0.05, 0) is 36.4 Å². The lowest BCUT2D eigenvalue weighted by atomic mass is 10.2. The second-order valence-corrected chi connectivity index (χ2v) is 3.78. The number of anilines is 2. The highest BCUT2D eigenvalue weighted by Crippen LogP contribution is 2.17. The maximum atomic E-state index is 12.8. The van der Waals surface area contributed by atoms with Gasteiger partial charge in [0.2, 0.25) is 0 Å². The molecule has 0 saturated carbocycles. The monoisotopic (exact) mass is 245 g/mol. The van der Waals surface area contributed by atoms with Crippen LogP contribution in [0.3, 0.4) is 0 Å². The Hall–Kier alpha value is -2.43. The van der Waals surface area contributed by atoms with Crippen molar-refractivity contribution in [3.63, 3.8) is 0 Å². The topological polar surface area (TPSA) is 59.2 Å². The molecule has 2 aromatic rings. The molecule has 5 heteroatoms. The number of carbonyl (C=O) groups excluding carboxylic acids is 1. The molecule has 0 unspecified atom stereocenters. The van der Waals surface area contributed by atoms with Gasteiger partial charge in [0.15, 0.2) is 0 Å². The van der Waals surface area contributed by atoms with Gasteiger partial charge in [-0.15, -0.1) is 0 Å². The van der Waals surface area contributed by atoms with Crippen molar-refractivity contribution in [2.45, 2.75) is 0 Å². The minimum Gasteiger partial charge on any atom is -0.383 e. The molecule has 4 nitrogen and oxygen atoms in total. The van der Waals surface area contributed by atoms with Crippen LogP contribution in [-0.2, 0) is 0 Å². The van der Waals surface area contributed by atoms with Gasteiger partial charge in [-0.1, -0.05) is 0 Å². The molecule has 18 heavy (non-hydrogen) atoms. The minimum atomic E-state index is -0.347. The maximum Gasteiger partial charge on any atom is 0.261 e. The third kappa shape index (κ3) is 2.29. The predicted molar refractivity (Wildman–Crippen MR) is 67.8 cm³/mol. The van der Waals surface area contributed by atoms with Crippen LogP contribution in [0.2, 0.25) is 0 Å². The number of hydrogen-bond acceptors (Lipinski definition) is 3. The molecule has 1 amide bonds. The van der Waals surface area contributed by atoms with Crippen LogP contribution >= 0.6 is 0 Å². The number of amides is 1. The first kappa shape index (κ1) is 12.0. The number of rotatable bonds is 2. The summed E-state index contributed by atoms with van der Waals surface area (Å²) in [6.45, 7) is 0. The van der Waals surface area contributed by atoms with Crippen LogP contribution in [0.4, 0.5) is 15.9 Å². The fourth-order valence-electron chi connectivity index (χ4n) is 1.56. The molecule has 2 N–H and O–H groups in total. The second-order valence-electron chi connectivity index (χ2n) is 3.78. The molecular weight excluding hydrogens is 233 g/mol. The Labute approximate surface area is 104 Å². The molecule has 0 saturated heterocycles. The van der Waals surface area contributed by atoms with Crippen molar-refractivity contribution in [1.82, 2.24) is 4.98 Å². The van der Waals surface area contributed by atoms with E-state index in [0.29, 0.717) is 11.3 Å². The fourth-order valence-corrected chi connectivity index (χ4v) is 1.56. The Bertz CT molecular complexity index is 569. The molecule has 1 aromatic heterocycles. The van der Waals surface area contributed by atoms with Gasteiger partial charge >= 0.3 is 0 Å². The number of pyridine rings is 1. The van der Waals surface area contributed by atoms with Crippen molar-refractivity contribution in [3.05, 3.63) is 54.0 Å². The minimum absolute atomic E-state index is 0.177. The Balaban J connectivity index is 2.29. The van der Waals surface area contributed by atoms with Crippen LogP contribution in [0.5, 0.6) is 0 Å². The lowest BCUT2D eigenvalue weighted by Gasteiger charge is -2.17. The van der Waals surface area contributed by atoms with Gasteiger partial charge in [0.25, 0.3) is 5.91 Å². The molecule has 0 atom stereocenters. The first-order valence-electron chi connectivity index (χ1n) is 5.33. The van der Waals surface area contributed by atoms with Crippen molar-refractivity contribution in [3.8, 4) is 0 Å². The summed E-state index contributed by atoms with van der Waals surface area (Å²) in [5, 5.41) is 0. The maximum absolute atomic E-state index is 12.8. The molecular formula is C13H12FN3O. The zero-order valence-corrected chi connectivity index (χ0v) is 9.80. The number of hydrogen-bond donors (Lipinski definition) is 1. The Morgan fingerprint density at radius 1 is 1.28 bits per heavy atom. The first-order valence-corrected chi connectivity index (χ1v) is 5.33. The Morgan fingerprint density at radius 3 is 2.56 bits per heavy atom. The molecule has 0 aliphatic carbocycles. The quantitative estimate of drug-likeness (QED) is 0.881. The molecule has 0 aliphatic rings. The summed E-state index contributed by atoms with van der Waals surface area (Å²) >= 11 is 0. The normalized spacial score (nSPS) is 10.1. The Kier molecular flexibility index (Phi) is 3.23. The van der Waals surface area contributed by atoms with Crippen LogP contribution in [0.15, 0.2) is 42.6 Å². The van der Waals surface area contributed by atoms with E-state index in [0.717, 1.165) is 0 Å². The number of nitrogens with zero attached hydrogens (tertiary/aromatic N) is 2. The zero-order valence-electron chi connectivity index (χ0n) is 9.80. The third-order valence-electron chi connectivity index (χ3n) is 2.59. The second kappa shape index (κ2) is 4.83. The number of halogens is 1. The van der Waals surface area contributed by atoms with Crippen LogP contribution in [0.25, 0.3) is 0 Å². The van der Waals surface area contributed by atoms with E-state index in [1.807, 2.05) is 0 Å². The van der Waals surface area contributed by atoms with Crippen LogP contribution < -0.4 is 10.6 Å². The summed E-state index contributed by atoms with van der Waals surface area (Å²) in [5.74, 6) is -0.454. The first-order chi connectivity index (χ1) is 8.59. The third-order valence-corrected chi connectivity index (χ3v) is 2.59. The van der Waals surface area contributed by atoms with Crippen molar-refractivity contribution >= 4 is 17.4 Å². The zero-order chi connectivity index (χ0) is 13.1. The number of aromatic nitrogens is 1. The molecule has 0 radical (unpaired) electrons. The summed E-state index contributed by atoms with van der Waals surface area (Å²) in [7, 11) is 1.60. The SMILES string of the molecule is CN(C(=O)c1cccnc1N)c1ccc(F)cc1. The highest BCUT2D eigenvalue weighted by molar-refractivity contribution is 6.08. The predicted octanol–water partition coefficient (Wildman–Crippen LogP) is 2.08. The van der Waals surface area contributed by atoms with Crippen LogP contribution in [0, 0.1) is 5.82 Å². The summed E-state index contributed by atoms with van der Waals surface area (Å²) < 4.78 is 12.8. The lowest BCUT2D eigenvalue weighted by molar-refractivity contribution is 0.0993. The van der Waals surface area contributed by atoms with Crippen molar-refractivity contribution in [1.29, 1.82) is 0 Å².